The maximum atomic E-state index is 12.9. The zero-order valence-electron chi connectivity index (χ0n) is 17.5. The van der Waals surface area contributed by atoms with Crippen molar-refractivity contribution in [1.82, 2.24) is 10.2 Å². The Kier molecular flexibility index (Phi) is 6.15. The molecule has 1 aromatic carbocycles. The highest BCUT2D eigenvalue weighted by atomic mass is 32.2. The third-order valence-corrected chi connectivity index (χ3v) is 7.70. The van der Waals surface area contributed by atoms with Gasteiger partial charge in [-0.15, -0.1) is 0 Å². The summed E-state index contributed by atoms with van der Waals surface area (Å²) in [6, 6.07) is 9.85. The van der Waals surface area contributed by atoms with Crippen LogP contribution in [0.25, 0.3) is 0 Å². The number of anilines is 1. The van der Waals surface area contributed by atoms with Gasteiger partial charge in [0.2, 0.25) is 15.9 Å². The van der Waals surface area contributed by atoms with Crippen molar-refractivity contribution in [3.63, 3.8) is 0 Å². The minimum Gasteiger partial charge on any atom is -0.468 e. The van der Waals surface area contributed by atoms with E-state index in [2.05, 4.69) is 17.1 Å². The number of rotatable bonds is 6. The normalized spacial score (nSPS) is 20.7. The number of nitrogens with one attached hydrogen (secondary N) is 1. The quantitative estimate of drug-likeness (QED) is 0.734. The van der Waals surface area contributed by atoms with Gasteiger partial charge in [0.1, 0.15) is 5.76 Å². The molecule has 1 unspecified atom stereocenters. The van der Waals surface area contributed by atoms with Crippen molar-refractivity contribution in [1.29, 1.82) is 0 Å². The van der Waals surface area contributed by atoms with Crippen LogP contribution in [0, 0.1) is 5.92 Å². The van der Waals surface area contributed by atoms with E-state index in [1.54, 1.807) is 18.4 Å². The fourth-order valence-corrected chi connectivity index (χ4v) is 5.62. The molecule has 2 aliphatic rings. The van der Waals surface area contributed by atoms with E-state index in [0.717, 1.165) is 36.0 Å². The second-order valence-corrected chi connectivity index (χ2v) is 10.2. The summed E-state index contributed by atoms with van der Waals surface area (Å²) in [5, 5.41) is 2.95. The molecule has 166 valence electrons. The average molecular weight is 446 g/mol. The number of amides is 2. The average Bonchev–Trinajstić information content (AvgIpc) is 3.37. The maximum Gasteiger partial charge on any atom is 0.251 e. The van der Waals surface area contributed by atoms with E-state index in [0.29, 0.717) is 18.0 Å². The number of benzene rings is 1. The Hall–Kier alpha value is -2.65. The molecule has 0 spiro atoms. The lowest BCUT2D eigenvalue weighted by atomic mass is 9.97. The smallest absolute Gasteiger partial charge is 0.251 e. The van der Waals surface area contributed by atoms with Crippen molar-refractivity contribution >= 4 is 27.5 Å². The van der Waals surface area contributed by atoms with Gasteiger partial charge in [-0.1, -0.05) is 13.0 Å². The van der Waals surface area contributed by atoms with Gasteiger partial charge in [-0.3, -0.25) is 14.5 Å². The van der Waals surface area contributed by atoms with Gasteiger partial charge in [-0.2, -0.15) is 0 Å². The Balaban J connectivity index is 1.48. The number of piperidine rings is 1. The van der Waals surface area contributed by atoms with Crippen molar-refractivity contribution in [3.05, 3.63) is 54.0 Å². The predicted molar refractivity (Wildman–Crippen MR) is 116 cm³/mol. The summed E-state index contributed by atoms with van der Waals surface area (Å²) in [7, 11) is -3.67. The van der Waals surface area contributed by atoms with Crippen LogP contribution in [-0.4, -0.2) is 50.5 Å². The summed E-state index contributed by atoms with van der Waals surface area (Å²) in [5.74, 6) is 0.483. The number of hydrogen-bond acceptors (Lipinski definition) is 6. The highest BCUT2D eigenvalue weighted by Crippen LogP contribution is 2.28. The second kappa shape index (κ2) is 8.84. The molecule has 1 N–H and O–H groups in total. The zero-order chi connectivity index (χ0) is 22.0. The highest BCUT2D eigenvalue weighted by molar-refractivity contribution is 7.94. The third kappa shape index (κ3) is 4.67. The van der Waals surface area contributed by atoms with E-state index in [4.69, 9.17) is 4.42 Å². The van der Waals surface area contributed by atoms with E-state index in [9.17, 15) is 18.0 Å². The fraction of sp³-hybridized carbons (Fsp3) is 0.455. The van der Waals surface area contributed by atoms with Gasteiger partial charge in [-0.25, -0.2) is 12.7 Å². The van der Waals surface area contributed by atoms with Crippen LogP contribution in [-0.2, 0) is 14.8 Å². The number of carbonyl (C=O) groups is 2. The lowest BCUT2D eigenvalue weighted by molar-refractivity contribution is -0.116. The Morgan fingerprint density at radius 1 is 1.23 bits per heavy atom. The van der Waals surface area contributed by atoms with Gasteiger partial charge in [0, 0.05) is 18.5 Å². The molecular formula is C22H27N3O5S. The first-order valence-electron chi connectivity index (χ1n) is 10.6. The predicted octanol–water partition coefficient (Wildman–Crippen LogP) is 2.55. The van der Waals surface area contributed by atoms with E-state index in [-0.39, 0.29) is 29.8 Å². The van der Waals surface area contributed by atoms with Crippen molar-refractivity contribution in [3.8, 4) is 0 Å². The topological polar surface area (TPSA) is 99.9 Å². The van der Waals surface area contributed by atoms with Crippen LogP contribution < -0.4 is 9.62 Å². The Labute approximate surface area is 182 Å². The Bertz CT molecular complexity index is 1040. The van der Waals surface area contributed by atoms with E-state index in [1.807, 2.05) is 12.1 Å². The molecular weight excluding hydrogens is 418 g/mol. The van der Waals surface area contributed by atoms with Crippen molar-refractivity contribution in [2.24, 2.45) is 5.92 Å². The first-order chi connectivity index (χ1) is 14.8. The summed E-state index contributed by atoms with van der Waals surface area (Å²) in [5.41, 5.74) is 0.501. The van der Waals surface area contributed by atoms with E-state index >= 15 is 0 Å². The van der Waals surface area contributed by atoms with Crippen molar-refractivity contribution in [2.75, 3.05) is 29.7 Å². The standard InChI is InChI=1S/C22H27N3O5S/c1-16-7-10-24(11-8-16)19(20-6-3-12-30-20)15-23-22(27)17-4-2-5-18(14-17)25-21(26)9-13-31(25,28)29/h2-6,12,14,16,19H,7-11,13,15H2,1H3,(H,23,27). The summed E-state index contributed by atoms with van der Waals surface area (Å²) in [4.78, 5) is 27.2. The van der Waals surface area contributed by atoms with Gasteiger partial charge in [0.05, 0.1) is 23.7 Å². The summed E-state index contributed by atoms with van der Waals surface area (Å²) < 4.78 is 30.8. The monoisotopic (exact) mass is 445 g/mol. The molecule has 1 atom stereocenters. The molecule has 3 heterocycles. The number of furan rings is 1. The minimum atomic E-state index is -3.67. The molecule has 2 aromatic rings. The summed E-state index contributed by atoms with van der Waals surface area (Å²) >= 11 is 0. The SMILES string of the molecule is CC1CCN(C(CNC(=O)c2cccc(N3C(=O)CCS3(=O)=O)c2)c2ccco2)CC1. The maximum absolute atomic E-state index is 12.9. The second-order valence-electron chi connectivity index (χ2n) is 8.23. The third-order valence-electron chi connectivity index (χ3n) is 6.01. The van der Waals surface area contributed by atoms with Crippen LogP contribution in [0.3, 0.4) is 0 Å². The Morgan fingerprint density at radius 2 is 2.00 bits per heavy atom. The molecule has 9 heteroatoms. The zero-order valence-corrected chi connectivity index (χ0v) is 18.3. The van der Waals surface area contributed by atoms with Gasteiger partial charge in [0.15, 0.2) is 0 Å². The number of nitrogens with zero attached hydrogens (tertiary/aromatic N) is 2. The van der Waals surface area contributed by atoms with E-state index < -0.39 is 15.9 Å². The highest BCUT2D eigenvalue weighted by Gasteiger charge is 2.36. The number of likely N-dealkylation sites (tertiary alicyclic amines) is 1. The van der Waals surface area contributed by atoms with Crippen LogP contribution in [0.5, 0.6) is 0 Å². The number of sulfonamides is 1. The number of carbonyl (C=O) groups excluding carboxylic acids is 2. The molecule has 0 radical (unpaired) electrons. The molecule has 0 aliphatic carbocycles. The van der Waals surface area contributed by atoms with Gasteiger partial charge >= 0.3 is 0 Å². The van der Waals surface area contributed by atoms with Crippen LogP contribution >= 0.6 is 0 Å². The van der Waals surface area contributed by atoms with Crippen molar-refractivity contribution < 1.29 is 22.4 Å². The molecule has 0 bridgehead atoms. The Morgan fingerprint density at radius 3 is 2.65 bits per heavy atom. The summed E-state index contributed by atoms with van der Waals surface area (Å²) in [6.45, 7) is 4.49. The van der Waals surface area contributed by atoms with Crippen LogP contribution in [0.2, 0.25) is 0 Å². The molecule has 4 rings (SSSR count). The molecule has 2 saturated heterocycles. The van der Waals surface area contributed by atoms with Crippen LogP contribution in [0.1, 0.15) is 48.3 Å². The van der Waals surface area contributed by atoms with Gasteiger partial charge < -0.3 is 9.73 Å². The van der Waals surface area contributed by atoms with Crippen LogP contribution in [0.4, 0.5) is 5.69 Å². The first kappa shape index (κ1) is 21.6. The summed E-state index contributed by atoms with van der Waals surface area (Å²) in [6.07, 6.45) is 3.79. The van der Waals surface area contributed by atoms with Crippen molar-refractivity contribution in [2.45, 2.75) is 32.2 Å². The van der Waals surface area contributed by atoms with E-state index in [1.165, 1.54) is 12.1 Å². The molecule has 1 aromatic heterocycles. The largest absolute Gasteiger partial charge is 0.468 e. The molecule has 2 amide bonds. The first-order valence-corrected chi connectivity index (χ1v) is 12.2. The van der Waals surface area contributed by atoms with Gasteiger partial charge in [-0.05, 0) is 62.2 Å². The van der Waals surface area contributed by atoms with Gasteiger partial charge in [0.25, 0.3) is 5.91 Å². The number of hydrogen-bond donors (Lipinski definition) is 1. The minimum absolute atomic E-state index is 0.0436. The molecule has 8 nitrogen and oxygen atoms in total. The lowest BCUT2D eigenvalue weighted by Crippen LogP contribution is -2.41. The van der Waals surface area contributed by atoms with Crippen LogP contribution in [0.15, 0.2) is 47.1 Å². The molecule has 2 fully saturated rings. The lowest BCUT2D eigenvalue weighted by Gasteiger charge is -2.35. The molecule has 31 heavy (non-hydrogen) atoms. The fourth-order valence-electron chi connectivity index (χ4n) is 4.16. The molecule has 0 saturated carbocycles. The molecule has 2 aliphatic heterocycles.